The van der Waals surface area contributed by atoms with Gasteiger partial charge in [0.15, 0.2) is 0 Å². The molecule has 0 aliphatic carbocycles. The van der Waals surface area contributed by atoms with Gasteiger partial charge in [-0.3, -0.25) is 14.4 Å². The van der Waals surface area contributed by atoms with E-state index in [2.05, 4.69) is 10.6 Å². The second kappa shape index (κ2) is 8.62. The first-order valence-electron chi connectivity index (χ1n) is 6.94. The maximum absolute atomic E-state index is 11.7. The van der Waals surface area contributed by atoms with Crippen LogP contribution < -0.4 is 10.6 Å². The molecule has 0 aromatic carbocycles. The summed E-state index contributed by atoms with van der Waals surface area (Å²) in [7, 11) is 0. The monoisotopic (exact) mass is 331 g/mol. The Bertz CT molecular complexity index is 455. The number of carbonyl (C=O) groups is 4. The molecule has 1 aliphatic heterocycles. The van der Waals surface area contributed by atoms with Gasteiger partial charge in [-0.05, 0) is 12.3 Å². The van der Waals surface area contributed by atoms with Crippen LogP contribution in [0.4, 0.5) is 0 Å². The molecular weight excluding hydrogens is 310 g/mol. The van der Waals surface area contributed by atoms with E-state index < -0.39 is 23.8 Å². The highest BCUT2D eigenvalue weighted by Crippen LogP contribution is 2.13. The molecule has 1 atom stereocenters. The summed E-state index contributed by atoms with van der Waals surface area (Å²) in [4.78, 5) is 47.1. The van der Waals surface area contributed by atoms with Gasteiger partial charge in [-0.2, -0.15) is 0 Å². The summed E-state index contributed by atoms with van der Waals surface area (Å²) < 4.78 is 0. The summed E-state index contributed by atoms with van der Waals surface area (Å²) in [6, 6.07) is -0.971. The first kappa shape index (κ1) is 18.3. The lowest BCUT2D eigenvalue weighted by atomic mass is 10.0. The molecule has 0 saturated carbocycles. The smallest absolute Gasteiger partial charge is 0.326 e. The summed E-state index contributed by atoms with van der Waals surface area (Å²) in [6.07, 6.45) is 0.314. The van der Waals surface area contributed by atoms with Gasteiger partial charge in [-0.15, -0.1) is 11.8 Å². The van der Waals surface area contributed by atoms with Gasteiger partial charge >= 0.3 is 5.97 Å². The van der Waals surface area contributed by atoms with Crippen molar-refractivity contribution in [1.29, 1.82) is 0 Å². The quantitative estimate of drug-likeness (QED) is 0.539. The average molecular weight is 331 g/mol. The van der Waals surface area contributed by atoms with Crippen LogP contribution in [0.15, 0.2) is 0 Å². The molecule has 0 aromatic rings. The second-order valence-electron chi connectivity index (χ2n) is 5.43. The van der Waals surface area contributed by atoms with Crippen LogP contribution in [-0.4, -0.2) is 64.5 Å². The van der Waals surface area contributed by atoms with Crippen molar-refractivity contribution in [2.24, 2.45) is 5.92 Å². The molecule has 1 fully saturated rings. The van der Waals surface area contributed by atoms with Gasteiger partial charge in [0, 0.05) is 0 Å². The molecule has 0 bridgehead atoms. The van der Waals surface area contributed by atoms with Gasteiger partial charge in [-0.1, -0.05) is 13.8 Å². The van der Waals surface area contributed by atoms with Crippen molar-refractivity contribution in [2.45, 2.75) is 26.3 Å². The Labute approximate surface area is 133 Å². The molecule has 1 saturated heterocycles. The SMILES string of the molecule is CC(C)C[C@H](NC(=O)CNC(=O)CN1CSCC1=O)C(=O)O. The highest BCUT2D eigenvalue weighted by molar-refractivity contribution is 8.00. The summed E-state index contributed by atoms with van der Waals surface area (Å²) in [5.41, 5.74) is 0. The Morgan fingerprint density at radius 2 is 2.00 bits per heavy atom. The van der Waals surface area contributed by atoms with Crippen LogP contribution in [0, 0.1) is 5.92 Å². The Balaban J connectivity index is 2.33. The number of hydrogen-bond donors (Lipinski definition) is 3. The predicted molar refractivity (Wildman–Crippen MR) is 81.1 cm³/mol. The summed E-state index contributed by atoms with van der Waals surface area (Å²) in [5, 5.41) is 13.8. The van der Waals surface area contributed by atoms with Gasteiger partial charge in [0.1, 0.15) is 12.6 Å². The maximum Gasteiger partial charge on any atom is 0.326 e. The molecular formula is C13H21N3O5S. The fourth-order valence-electron chi connectivity index (χ4n) is 1.89. The van der Waals surface area contributed by atoms with Crippen molar-refractivity contribution >= 4 is 35.5 Å². The number of carbonyl (C=O) groups excluding carboxylic acids is 3. The molecule has 0 radical (unpaired) electrons. The minimum atomic E-state index is -1.10. The molecule has 124 valence electrons. The fraction of sp³-hybridized carbons (Fsp3) is 0.692. The lowest BCUT2D eigenvalue weighted by Crippen LogP contribution is -2.47. The fourth-order valence-corrected chi connectivity index (χ4v) is 2.79. The normalized spacial score (nSPS) is 15.8. The van der Waals surface area contributed by atoms with E-state index in [9.17, 15) is 19.2 Å². The van der Waals surface area contributed by atoms with E-state index in [4.69, 9.17) is 5.11 Å². The van der Waals surface area contributed by atoms with Crippen molar-refractivity contribution in [3.63, 3.8) is 0 Å². The van der Waals surface area contributed by atoms with E-state index in [0.29, 0.717) is 18.1 Å². The minimum Gasteiger partial charge on any atom is -0.480 e. The largest absolute Gasteiger partial charge is 0.480 e. The van der Waals surface area contributed by atoms with E-state index in [0.717, 1.165) is 0 Å². The highest BCUT2D eigenvalue weighted by Gasteiger charge is 2.24. The summed E-state index contributed by atoms with van der Waals surface area (Å²) in [5.74, 6) is -1.27. The van der Waals surface area contributed by atoms with Gasteiger partial charge < -0.3 is 20.6 Å². The maximum atomic E-state index is 11.7. The molecule has 1 rings (SSSR count). The number of nitrogens with one attached hydrogen (secondary N) is 2. The van der Waals surface area contributed by atoms with Crippen molar-refractivity contribution < 1.29 is 24.3 Å². The van der Waals surface area contributed by atoms with Crippen molar-refractivity contribution in [2.75, 3.05) is 24.7 Å². The van der Waals surface area contributed by atoms with Crippen molar-refractivity contribution in [1.82, 2.24) is 15.5 Å². The molecule has 22 heavy (non-hydrogen) atoms. The first-order chi connectivity index (χ1) is 10.3. The van der Waals surface area contributed by atoms with E-state index in [1.165, 1.54) is 16.7 Å². The van der Waals surface area contributed by atoms with Crippen LogP contribution in [-0.2, 0) is 19.2 Å². The third-order valence-electron chi connectivity index (χ3n) is 2.95. The molecule has 3 amide bonds. The Hall–Kier alpha value is -1.77. The Morgan fingerprint density at radius 3 is 2.50 bits per heavy atom. The molecule has 0 spiro atoms. The van der Waals surface area contributed by atoms with E-state index in [1.807, 2.05) is 13.8 Å². The van der Waals surface area contributed by atoms with Crippen molar-refractivity contribution in [3.05, 3.63) is 0 Å². The summed E-state index contributed by atoms with van der Waals surface area (Å²) >= 11 is 1.43. The zero-order chi connectivity index (χ0) is 16.7. The third kappa shape index (κ3) is 6.33. The molecule has 1 aliphatic rings. The first-order valence-corrected chi connectivity index (χ1v) is 8.09. The molecule has 8 nitrogen and oxygen atoms in total. The number of nitrogens with zero attached hydrogens (tertiary/aromatic N) is 1. The zero-order valence-corrected chi connectivity index (χ0v) is 13.4. The standard InChI is InChI=1S/C13H21N3O5S/c1-8(2)3-9(13(20)21)15-10(17)4-14-11(18)5-16-7-22-6-12(16)19/h8-9H,3-7H2,1-2H3,(H,14,18)(H,15,17)(H,20,21)/t9-/m0/s1. The van der Waals surface area contributed by atoms with E-state index in [-0.39, 0.29) is 24.9 Å². The van der Waals surface area contributed by atoms with Crippen molar-refractivity contribution in [3.8, 4) is 0 Å². The number of rotatable bonds is 8. The van der Waals surface area contributed by atoms with E-state index >= 15 is 0 Å². The van der Waals surface area contributed by atoms with Gasteiger partial charge in [-0.25, -0.2) is 4.79 Å². The number of thioether (sulfide) groups is 1. The number of aliphatic carboxylic acids is 1. The number of carboxylic acid groups (broad SMARTS) is 1. The number of hydrogen-bond acceptors (Lipinski definition) is 5. The van der Waals surface area contributed by atoms with E-state index in [1.54, 1.807) is 0 Å². The zero-order valence-electron chi connectivity index (χ0n) is 12.6. The van der Waals surface area contributed by atoms with Gasteiger partial charge in [0.05, 0.1) is 18.2 Å². The topological polar surface area (TPSA) is 116 Å². The average Bonchev–Trinajstić information content (AvgIpc) is 2.80. The van der Waals surface area contributed by atoms with Gasteiger partial charge in [0.2, 0.25) is 17.7 Å². The predicted octanol–water partition coefficient (Wildman–Crippen LogP) is -0.749. The van der Waals surface area contributed by atoms with Crippen LogP contribution in [0.25, 0.3) is 0 Å². The molecule has 9 heteroatoms. The summed E-state index contributed by atoms with van der Waals surface area (Å²) in [6.45, 7) is 3.31. The van der Waals surface area contributed by atoms with Gasteiger partial charge in [0.25, 0.3) is 0 Å². The molecule has 0 unspecified atom stereocenters. The molecule has 1 heterocycles. The van der Waals surface area contributed by atoms with Crippen LogP contribution in [0.3, 0.4) is 0 Å². The Kier molecular flexibility index (Phi) is 7.16. The lowest BCUT2D eigenvalue weighted by molar-refractivity contribution is -0.142. The highest BCUT2D eigenvalue weighted by atomic mass is 32.2. The van der Waals surface area contributed by atoms with Crippen LogP contribution in [0.2, 0.25) is 0 Å². The number of amides is 3. The lowest BCUT2D eigenvalue weighted by Gasteiger charge is -2.17. The second-order valence-corrected chi connectivity index (χ2v) is 6.39. The molecule has 3 N–H and O–H groups in total. The third-order valence-corrected chi connectivity index (χ3v) is 3.89. The molecule has 0 aromatic heterocycles. The van der Waals surface area contributed by atoms with Crippen LogP contribution >= 0.6 is 11.8 Å². The van der Waals surface area contributed by atoms with Crippen LogP contribution in [0.5, 0.6) is 0 Å². The Morgan fingerprint density at radius 1 is 1.32 bits per heavy atom. The van der Waals surface area contributed by atoms with Crippen LogP contribution in [0.1, 0.15) is 20.3 Å². The minimum absolute atomic E-state index is 0.0898. The number of carboxylic acids is 1.